The van der Waals surface area contributed by atoms with Gasteiger partial charge in [0.1, 0.15) is 0 Å². The molecule has 0 aliphatic carbocycles. The van der Waals surface area contributed by atoms with Crippen molar-refractivity contribution < 1.29 is 27.1 Å². The number of hydrogen-bond acceptors (Lipinski definition) is 3. The summed E-state index contributed by atoms with van der Waals surface area (Å²) in [7, 11) is -4.71. The SMILES string of the molecule is Cc1cc(C=CC(=O)O)ccc1NS(=O)(=O)C(F)F. The van der Waals surface area contributed by atoms with Crippen molar-refractivity contribution >= 4 is 27.8 Å². The van der Waals surface area contributed by atoms with E-state index in [1.54, 1.807) is 4.72 Å². The van der Waals surface area contributed by atoms with Crippen LogP contribution in [0, 0.1) is 6.92 Å². The van der Waals surface area contributed by atoms with Crippen LogP contribution in [0.3, 0.4) is 0 Å². The van der Waals surface area contributed by atoms with Gasteiger partial charge in [0.2, 0.25) is 0 Å². The first kappa shape index (κ1) is 15.1. The average molecular weight is 291 g/mol. The largest absolute Gasteiger partial charge is 0.478 e. The maximum Gasteiger partial charge on any atom is 0.355 e. The lowest BCUT2D eigenvalue weighted by Crippen LogP contribution is -2.21. The summed E-state index contributed by atoms with van der Waals surface area (Å²) in [5.74, 6) is -4.64. The van der Waals surface area contributed by atoms with Crippen LogP contribution in [0.4, 0.5) is 14.5 Å². The third-order valence-corrected chi connectivity index (χ3v) is 3.13. The van der Waals surface area contributed by atoms with Gasteiger partial charge < -0.3 is 5.11 Å². The molecule has 0 bridgehead atoms. The Labute approximate surface area is 108 Å². The molecule has 0 unspecified atom stereocenters. The first-order chi connectivity index (χ1) is 8.72. The molecule has 0 radical (unpaired) electrons. The summed E-state index contributed by atoms with van der Waals surface area (Å²) >= 11 is 0. The Hall–Kier alpha value is -1.96. The van der Waals surface area contributed by atoms with Crippen LogP contribution in [0.2, 0.25) is 0 Å². The number of anilines is 1. The Kier molecular flexibility index (Phi) is 4.60. The van der Waals surface area contributed by atoms with E-state index in [9.17, 15) is 22.0 Å². The van der Waals surface area contributed by atoms with Crippen molar-refractivity contribution in [2.24, 2.45) is 0 Å². The second-order valence-electron chi connectivity index (χ2n) is 3.65. The van der Waals surface area contributed by atoms with Crippen molar-refractivity contribution in [3.8, 4) is 0 Å². The zero-order valence-electron chi connectivity index (χ0n) is 9.80. The van der Waals surface area contributed by atoms with E-state index >= 15 is 0 Å². The van der Waals surface area contributed by atoms with Crippen molar-refractivity contribution in [3.63, 3.8) is 0 Å². The maximum atomic E-state index is 12.2. The lowest BCUT2D eigenvalue weighted by Gasteiger charge is -2.10. The fraction of sp³-hybridized carbons (Fsp3) is 0.182. The molecule has 0 saturated carbocycles. The van der Waals surface area contributed by atoms with Gasteiger partial charge in [0.05, 0.1) is 5.69 Å². The van der Waals surface area contributed by atoms with E-state index in [1.807, 2.05) is 0 Å². The van der Waals surface area contributed by atoms with Crippen LogP contribution in [-0.2, 0) is 14.8 Å². The molecular weight excluding hydrogens is 280 g/mol. The van der Waals surface area contributed by atoms with Crippen LogP contribution < -0.4 is 4.72 Å². The van der Waals surface area contributed by atoms with E-state index < -0.39 is 21.8 Å². The number of carboxylic acids is 1. The van der Waals surface area contributed by atoms with Crippen LogP contribution in [0.25, 0.3) is 6.08 Å². The van der Waals surface area contributed by atoms with Crippen molar-refractivity contribution in [1.29, 1.82) is 0 Å². The topological polar surface area (TPSA) is 83.5 Å². The van der Waals surface area contributed by atoms with Gasteiger partial charge in [0.15, 0.2) is 0 Å². The molecule has 0 fully saturated rings. The van der Waals surface area contributed by atoms with Gasteiger partial charge in [-0.25, -0.2) is 13.2 Å². The minimum Gasteiger partial charge on any atom is -0.478 e. The summed E-state index contributed by atoms with van der Waals surface area (Å²) < 4.78 is 48.1. The molecule has 0 atom stereocenters. The van der Waals surface area contributed by atoms with Crippen LogP contribution in [0.1, 0.15) is 11.1 Å². The van der Waals surface area contributed by atoms with E-state index in [4.69, 9.17) is 5.11 Å². The number of carboxylic acid groups (broad SMARTS) is 1. The predicted molar refractivity (Wildman–Crippen MR) is 66.4 cm³/mol. The minimum absolute atomic E-state index is 0.0211. The zero-order valence-corrected chi connectivity index (χ0v) is 10.6. The highest BCUT2D eigenvalue weighted by molar-refractivity contribution is 7.93. The quantitative estimate of drug-likeness (QED) is 0.813. The van der Waals surface area contributed by atoms with Crippen LogP contribution in [-0.4, -0.2) is 25.3 Å². The Bertz CT molecular complexity index is 611. The lowest BCUT2D eigenvalue weighted by atomic mass is 10.1. The number of hydrogen-bond donors (Lipinski definition) is 2. The predicted octanol–water partition coefficient (Wildman–Crippen LogP) is 2.06. The molecule has 2 N–H and O–H groups in total. The molecule has 5 nitrogen and oxygen atoms in total. The highest BCUT2D eigenvalue weighted by Gasteiger charge is 2.24. The summed E-state index contributed by atoms with van der Waals surface area (Å²) in [6.07, 6.45) is 2.22. The van der Waals surface area contributed by atoms with Crippen molar-refractivity contribution in [1.82, 2.24) is 0 Å². The molecular formula is C11H11F2NO4S. The van der Waals surface area contributed by atoms with Crippen molar-refractivity contribution in [3.05, 3.63) is 35.4 Å². The summed E-state index contributed by atoms with van der Waals surface area (Å²) in [6, 6.07) is 4.18. The molecule has 0 amide bonds. The second-order valence-corrected chi connectivity index (χ2v) is 5.30. The third-order valence-electron chi connectivity index (χ3n) is 2.16. The fourth-order valence-electron chi connectivity index (χ4n) is 1.27. The molecule has 1 aromatic carbocycles. The number of aryl methyl sites for hydroxylation is 1. The van der Waals surface area contributed by atoms with Gasteiger partial charge in [-0.2, -0.15) is 8.78 Å². The van der Waals surface area contributed by atoms with Crippen LogP contribution in [0.15, 0.2) is 24.3 Å². The second kappa shape index (κ2) is 5.79. The lowest BCUT2D eigenvalue weighted by molar-refractivity contribution is -0.131. The van der Waals surface area contributed by atoms with Gasteiger partial charge in [-0.15, -0.1) is 0 Å². The molecule has 19 heavy (non-hydrogen) atoms. The molecule has 8 heteroatoms. The third kappa shape index (κ3) is 4.32. The van der Waals surface area contributed by atoms with E-state index in [0.717, 1.165) is 6.08 Å². The molecule has 0 spiro atoms. The van der Waals surface area contributed by atoms with E-state index in [1.165, 1.54) is 31.2 Å². The van der Waals surface area contributed by atoms with E-state index in [2.05, 4.69) is 0 Å². The monoisotopic (exact) mass is 291 g/mol. The Morgan fingerprint density at radius 3 is 2.53 bits per heavy atom. The van der Waals surface area contributed by atoms with Crippen molar-refractivity contribution in [2.45, 2.75) is 12.7 Å². The van der Waals surface area contributed by atoms with Crippen LogP contribution >= 0.6 is 0 Å². The van der Waals surface area contributed by atoms with Gasteiger partial charge >= 0.3 is 11.7 Å². The normalized spacial score (nSPS) is 12.0. The summed E-state index contributed by atoms with van der Waals surface area (Å²) in [5, 5.41) is 8.45. The van der Waals surface area contributed by atoms with Gasteiger partial charge in [0, 0.05) is 6.08 Å². The molecule has 0 aromatic heterocycles. The Morgan fingerprint density at radius 2 is 2.05 bits per heavy atom. The first-order valence-electron chi connectivity index (χ1n) is 5.04. The van der Waals surface area contributed by atoms with Gasteiger partial charge in [-0.1, -0.05) is 6.07 Å². The maximum absolute atomic E-state index is 12.2. The summed E-state index contributed by atoms with van der Waals surface area (Å²) in [4.78, 5) is 10.3. The highest BCUT2D eigenvalue weighted by atomic mass is 32.2. The Morgan fingerprint density at radius 1 is 1.42 bits per heavy atom. The molecule has 1 aromatic rings. The minimum atomic E-state index is -4.71. The molecule has 0 heterocycles. The number of aliphatic carboxylic acids is 1. The number of nitrogens with one attached hydrogen (secondary N) is 1. The molecule has 1 rings (SSSR count). The van der Waals surface area contributed by atoms with E-state index in [-0.39, 0.29) is 5.69 Å². The van der Waals surface area contributed by atoms with E-state index in [0.29, 0.717) is 11.1 Å². The number of alkyl halides is 2. The van der Waals surface area contributed by atoms with Gasteiger partial charge in [-0.05, 0) is 36.3 Å². The highest BCUT2D eigenvalue weighted by Crippen LogP contribution is 2.20. The number of halogens is 2. The smallest absolute Gasteiger partial charge is 0.355 e. The Balaban J connectivity index is 2.99. The molecule has 104 valence electrons. The number of rotatable bonds is 5. The number of benzene rings is 1. The number of sulfonamides is 1. The summed E-state index contributed by atoms with van der Waals surface area (Å²) in [5.41, 5.74) is 0.935. The standard InChI is InChI=1S/C11H11F2NO4S/c1-7-6-8(3-5-10(15)16)2-4-9(7)14-19(17,18)11(12)13/h2-6,11,14H,1H3,(H,15,16). The first-order valence-corrected chi connectivity index (χ1v) is 6.58. The molecule has 0 saturated heterocycles. The summed E-state index contributed by atoms with van der Waals surface area (Å²) in [6.45, 7) is 1.52. The van der Waals surface area contributed by atoms with Crippen molar-refractivity contribution in [2.75, 3.05) is 4.72 Å². The average Bonchev–Trinajstić information content (AvgIpc) is 2.29. The molecule has 0 aliphatic heterocycles. The fourth-order valence-corrected chi connectivity index (χ4v) is 1.90. The number of carbonyl (C=O) groups is 1. The van der Waals surface area contributed by atoms with Gasteiger partial charge in [-0.3, -0.25) is 4.72 Å². The zero-order chi connectivity index (χ0) is 14.6. The van der Waals surface area contributed by atoms with Gasteiger partial charge in [0.25, 0.3) is 10.0 Å². The molecule has 0 aliphatic rings. The van der Waals surface area contributed by atoms with Crippen LogP contribution in [0.5, 0.6) is 0 Å².